The lowest BCUT2D eigenvalue weighted by Gasteiger charge is -2.32. The molecule has 0 aromatic heterocycles. The molecule has 0 radical (unpaired) electrons. The van der Waals surface area contributed by atoms with Crippen molar-refractivity contribution in [3.8, 4) is 0 Å². The molecule has 0 amide bonds. The molecule has 0 bridgehead atoms. The summed E-state index contributed by atoms with van der Waals surface area (Å²) in [7, 11) is -0.274. The van der Waals surface area contributed by atoms with Crippen LogP contribution in [0.3, 0.4) is 0 Å². The SMILES string of the molecule is Cc1ccc(B2OC(C)(C)C(C)(C)O2)cc1C1CCOCC1. The van der Waals surface area contributed by atoms with Crippen molar-refractivity contribution in [1.29, 1.82) is 0 Å². The van der Waals surface area contributed by atoms with E-state index in [1.165, 1.54) is 11.1 Å². The predicted octanol–water partition coefficient (Wildman–Crippen LogP) is 3.19. The van der Waals surface area contributed by atoms with Gasteiger partial charge in [0.2, 0.25) is 0 Å². The molecule has 0 unspecified atom stereocenters. The molecule has 0 spiro atoms. The summed E-state index contributed by atoms with van der Waals surface area (Å²) in [6.45, 7) is 12.3. The standard InChI is InChI=1S/C18H27BO3/c1-13-6-7-15(12-16(13)14-8-10-20-11-9-14)19-21-17(2,3)18(4,5)22-19/h6-7,12,14H,8-11H2,1-5H3. The van der Waals surface area contributed by atoms with Crippen LogP contribution in [0, 0.1) is 6.92 Å². The van der Waals surface area contributed by atoms with Crippen LogP contribution in [0.15, 0.2) is 18.2 Å². The van der Waals surface area contributed by atoms with E-state index in [0.717, 1.165) is 31.5 Å². The largest absolute Gasteiger partial charge is 0.494 e. The third kappa shape index (κ3) is 2.84. The molecule has 4 heteroatoms. The van der Waals surface area contributed by atoms with Gasteiger partial charge < -0.3 is 14.0 Å². The van der Waals surface area contributed by atoms with Crippen molar-refractivity contribution in [2.45, 2.75) is 64.6 Å². The number of rotatable bonds is 2. The second-order valence-corrected chi connectivity index (χ2v) is 7.59. The average Bonchev–Trinajstić information content (AvgIpc) is 2.69. The van der Waals surface area contributed by atoms with E-state index in [9.17, 15) is 0 Å². The Morgan fingerprint density at radius 2 is 1.59 bits per heavy atom. The zero-order valence-electron chi connectivity index (χ0n) is 14.4. The third-order valence-electron chi connectivity index (χ3n) is 5.49. The van der Waals surface area contributed by atoms with Crippen LogP contribution in [0.4, 0.5) is 0 Å². The summed E-state index contributed by atoms with van der Waals surface area (Å²) >= 11 is 0. The molecule has 1 aromatic carbocycles. The molecule has 3 nitrogen and oxygen atoms in total. The topological polar surface area (TPSA) is 27.7 Å². The lowest BCUT2D eigenvalue weighted by atomic mass is 9.75. The molecule has 2 heterocycles. The van der Waals surface area contributed by atoms with Crippen molar-refractivity contribution < 1.29 is 14.0 Å². The summed E-state index contributed by atoms with van der Waals surface area (Å²) in [5.74, 6) is 0.594. The van der Waals surface area contributed by atoms with Crippen molar-refractivity contribution in [3.05, 3.63) is 29.3 Å². The minimum Gasteiger partial charge on any atom is -0.399 e. The first-order chi connectivity index (χ1) is 10.3. The number of hydrogen-bond acceptors (Lipinski definition) is 3. The summed E-state index contributed by atoms with van der Waals surface area (Å²) in [6, 6.07) is 6.62. The normalized spacial score (nSPS) is 24.7. The highest BCUT2D eigenvalue weighted by Crippen LogP contribution is 2.37. The van der Waals surface area contributed by atoms with Gasteiger partial charge in [-0.15, -0.1) is 0 Å². The molecular formula is C18H27BO3. The summed E-state index contributed by atoms with van der Waals surface area (Å²) in [5.41, 5.74) is 3.33. The first kappa shape index (κ1) is 16.0. The first-order valence-electron chi connectivity index (χ1n) is 8.34. The third-order valence-corrected chi connectivity index (χ3v) is 5.49. The molecule has 2 aliphatic heterocycles. The molecule has 2 aliphatic rings. The minimum absolute atomic E-state index is 0.274. The summed E-state index contributed by atoms with van der Waals surface area (Å²) in [5, 5.41) is 0. The highest BCUT2D eigenvalue weighted by molar-refractivity contribution is 6.62. The molecule has 2 fully saturated rings. The fraction of sp³-hybridized carbons (Fsp3) is 0.667. The molecule has 0 saturated carbocycles. The van der Waals surface area contributed by atoms with Crippen LogP contribution in [0.2, 0.25) is 0 Å². The lowest BCUT2D eigenvalue weighted by molar-refractivity contribution is 0.00578. The second-order valence-electron chi connectivity index (χ2n) is 7.59. The Bertz CT molecular complexity index is 531. The van der Waals surface area contributed by atoms with E-state index in [4.69, 9.17) is 14.0 Å². The molecule has 2 saturated heterocycles. The summed E-state index contributed by atoms with van der Waals surface area (Å²) in [4.78, 5) is 0. The molecule has 3 rings (SSSR count). The average molecular weight is 302 g/mol. The summed E-state index contributed by atoms with van der Waals surface area (Å²) in [6.07, 6.45) is 2.21. The van der Waals surface area contributed by atoms with E-state index in [2.05, 4.69) is 52.8 Å². The van der Waals surface area contributed by atoms with Gasteiger partial charge in [-0.2, -0.15) is 0 Å². The number of aryl methyl sites for hydroxylation is 1. The fourth-order valence-electron chi connectivity index (χ4n) is 3.23. The van der Waals surface area contributed by atoms with Crippen molar-refractivity contribution >= 4 is 12.6 Å². The van der Waals surface area contributed by atoms with Gasteiger partial charge in [0.15, 0.2) is 0 Å². The van der Waals surface area contributed by atoms with Crippen molar-refractivity contribution in [2.75, 3.05) is 13.2 Å². The van der Waals surface area contributed by atoms with Gasteiger partial charge in [0.25, 0.3) is 0 Å². The highest BCUT2D eigenvalue weighted by atomic mass is 16.7. The van der Waals surface area contributed by atoms with Gasteiger partial charge in [-0.3, -0.25) is 0 Å². The summed E-state index contributed by atoms with van der Waals surface area (Å²) < 4.78 is 17.9. The van der Waals surface area contributed by atoms with Gasteiger partial charge in [0, 0.05) is 13.2 Å². The Morgan fingerprint density at radius 3 is 2.18 bits per heavy atom. The van der Waals surface area contributed by atoms with Crippen LogP contribution in [0.1, 0.15) is 57.6 Å². The lowest BCUT2D eigenvalue weighted by Crippen LogP contribution is -2.41. The number of ether oxygens (including phenoxy) is 1. The molecule has 0 aliphatic carbocycles. The Hall–Kier alpha value is -0.835. The molecule has 0 atom stereocenters. The second kappa shape index (κ2) is 5.66. The van der Waals surface area contributed by atoms with Crippen molar-refractivity contribution in [1.82, 2.24) is 0 Å². The quantitative estimate of drug-likeness (QED) is 0.785. The van der Waals surface area contributed by atoms with E-state index in [-0.39, 0.29) is 18.3 Å². The highest BCUT2D eigenvalue weighted by Gasteiger charge is 2.51. The molecule has 0 N–H and O–H groups in total. The van der Waals surface area contributed by atoms with E-state index in [1.807, 2.05) is 0 Å². The Labute approximate surface area is 134 Å². The van der Waals surface area contributed by atoms with Crippen LogP contribution in [-0.2, 0) is 14.0 Å². The van der Waals surface area contributed by atoms with Gasteiger partial charge in [-0.1, -0.05) is 18.2 Å². The van der Waals surface area contributed by atoms with Crippen LogP contribution >= 0.6 is 0 Å². The Kier molecular flexibility index (Phi) is 4.13. The Morgan fingerprint density at radius 1 is 1.00 bits per heavy atom. The molecule has 22 heavy (non-hydrogen) atoms. The van der Waals surface area contributed by atoms with Crippen LogP contribution in [0.25, 0.3) is 0 Å². The van der Waals surface area contributed by atoms with Crippen molar-refractivity contribution in [3.63, 3.8) is 0 Å². The van der Waals surface area contributed by atoms with E-state index < -0.39 is 0 Å². The van der Waals surface area contributed by atoms with Gasteiger partial charge >= 0.3 is 7.12 Å². The maximum atomic E-state index is 6.19. The smallest absolute Gasteiger partial charge is 0.399 e. The van der Waals surface area contributed by atoms with Crippen LogP contribution in [0.5, 0.6) is 0 Å². The monoisotopic (exact) mass is 302 g/mol. The molecular weight excluding hydrogens is 275 g/mol. The maximum absolute atomic E-state index is 6.19. The molecule has 1 aromatic rings. The zero-order chi connectivity index (χ0) is 16.0. The number of benzene rings is 1. The zero-order valence-corrected chi connectivity index (χ0v) is 14.4. The van der Waals surface area contributed by atoms with E-state index >= 15 is 0 Å². The van der Waals surface area contributed by atoms with Gasteiger partial charge in [0.05, 0.1) is 11.2 Å². The molecule has 120 valence electrons. The minimum atomic E-state index is -0.290. The maximum Gasteiger partial charge on any atom is 0.494 e. The first-order valence-corrected chi connectivity index (χ1v) is 8.34. The van der Waals surface area contributed by atoms with Gasteiger partial charge in [0.1, 0.15) is 0 Å². The van der Waals surface area contributed by atoms with E-state index in [0.29, 0.717) is 5.92 Å². The van der Waals surface area contributed by atoms with Crippen molar-refractivity contribution in [2.24, 2.45) is 0 Å². The Balaban J connectivity index is 1.87. The van der Waals surface area contributed by atoms with Gasteiger partial charge in [-0.25, -0.2) is 0 Å². The van der Waals surface area contributed by atoms with Crippen LogP contribution in [-0.4, -0.2) is 31.5 Å². The number of hydrogen-bond donors (Lipinski definition) is 0. The predicted molar refractivity (Wildman–Crippen MR) is 89.7 cm³/mol. The van der Waals surface area contributed by atoms with Crippen LogP contribution < -0.4 is 5.46 Å². The van der Waals surface area contributed by atoms with E-state index in [1.54, 1.807) is 0 Å². The fourth-order valence-corrected chi connectivity index (χ4v) is 3.23. The van der Waals surface area contributed by atoms with Gasteiger partial charge in [-0.05, 0) is 70.0 Å².